The van der Waals surface area contributed by atoms with Crippen molar-refractivity contribution in [1.82, 2.24) is 5.32 Å². The Labute approximate surface area is 69.0 Å². The Kier molecular flexibility index (Phi) is 6.51. The van der Waals surface area contributed by atoms with Gasteiger partial charge in [-0.15, -0.1) is 0 Å². The van der Waals surface area contributed by atoms with Crippen molar-refractivity contribution < 1.29 is 5.11 Å². The van der Waals surface area contributed by atoms with Crippen LogP contribution in [0, 0.1) is 5.92 Å². The molecule has 3 heteroatoms. The normalized spacial score (nSPS) is 13.9. The van der Waals surface area contributed by atoms with Crippen LogP contribution in [0.2, 0.25) is 0 Å². The Morgan fingerprint density at radius 2 is 2.09 bits per heavy atom. The molecule has 0 aromatic heterocycles. The van der Waals surface area contributed by atoms with Crippen LogP contribution in [0.1, 0.15) is 20.3 Å². The van der Waals surface area contributed by atoms with Gasteiger partial charge in [-0.1, -0.05) is 13.8 Å². The van der Waals surface area contributed by atoms with Crippen molar-refractivity contribution in [2.75, 3.05) is 19.7 Å². The molecular weight excluding hydrogens is 140 g/mol. The van der Waals surface area contributed by atoms with Gasteiger partial charge < -0.3 is 16.2 Å². The number of nitrogens with two attached hydrogens (primary N) is 1. The first-order chi connectivity index (χ1) is 5.16. The first-order valence-electron chi connectivity index (χ1n) is 4.24. The summed E-state index contributed by atoms with van der Waals surface area (Å²) in [5.74, 6) is 0.654. The van der Waals surface area contributed by atoms with Crippen LogP contribution >= 0.6 is 0 Å². The van der Waals surface area contributed by atoms with Crippen LogP contribution in [0.4, 0.5) is 0 Å². The molecule has 0 heterocycles. The van der Waals surface area contributed by atoms with E-state index in [1.807, 2.05) is 0 Å². The van der Waals surface area contributed by atoms with Crippen LogP contribution in [-0.4, -0.2) is 30.8 Å². The van der Waals surface area contributed by atoms with E-state index >= 15 is 0 Å². The third kappa shape index (κ3) is 7.78. The average molecular weight is 160 g/mol. The lowest BCUT2D eigenvalue weighted by molar-refractivity contribution is 0.289. The van der Waals surface area contributed by atoms with E-state index in [9.17, 15) is 0 Å². The summed E-state index contributed by atoms with van der Waals surface area (Å²) >= 11 is 0. The van der Waals surface area contributed by atoms with Gasteiger partial charge in [0.05, 0.1) is 6.61 Å². The minimum atomic E-state index is 0.189. The molecule has 0 aromatic carbocycles. The van der Waals surface area contributed by atoms with Crippen LogP contribution < -0.4 is 11.1 Å². The SMILES string of the molecule is CC(C)CC(N)CNCCO. The van der Waals surface area contributed by atoms with E-state index < -0.39 is 0 Å². The Morgan fingerprint density at radius 1 is 1.45 bits per heavy atom. The zero-order valence-electron chi connectivity index (χ0n) is 7.51. The van der Waals surface area contributed by atoms with E-state index in [2.05, 4.69) is 19.2 Å². The summed E-state index contributed by atoms with van der Waals surface area (Å²) in [6.45, 7) is 5.96. The molecule has 0 aromatic rings. The molecule has 0 saturated heterocycles. The van der Waals surface area contributed by atoms with Gasteiger partial charge in [0.15, 0.2) is 0 Å². The third-order valence-electron chi connectivity index (χ3n) is 1.47. The zero-order chi connectivity index (χ0) is 8.69. The fourth-order valence-electron chi connectivity index (χ4n) is 1.06. The maximum Gasteiger partial charge on any atom is 0.0555 e. The van der Waals surface area contributed by atoms with Crippen LogP contribution in [0.3, 0.4) is 0 Å². The lowest BCUT2D eigenvalue weighted by Crippen LogP contribution is -2.36. The topological polar surface area (TPSA) is 58.3 Å². The quantitative estimate of drug-likeness (QED) is 0.477. The molecule has 0 aliphatic carbocycles. The molecule has 68 valence electrons. The van der Waals surface area contributed by atoms with Crippen molar-refractivity contribution >= 4 is 0 Å². The van der Waals surface area contributed by atoms with Crippen molar-refractivity contribution in [1.29, 1.82) is 0 Å². The van der Waals surface area contributed by atoms with Crippen LogP contribution in [0.5, 0.6) is 0 Å². The minimum absolute atomic E-state index is 0.189. The van der Waals surface area contributed by atoms with Crippen molar-refractivity contribution in [3.05, 3.63) is 0 Å². The molecule has 3 nitrogen and oxygen atoms in total. The summed E-state index contributed by atoms with van der Waals surface area (Å²) in [6, 6.07) is 0.224. The van der Waals surface area contributed by atoms with Gasteiger partial charge in [0.2, 0.25) is 0 Å². The van der Waals surface area contributed by atoms with Gasteiger partial charge in [-0.3, -0.25) is 0 Å². The van der Waals surface area contributed by atoms with E-state index in [0.717, 1.165) is 13.0 Å². The van der Waals surface area contributed by atoms with E-state index in [-0.39, 0.29) is 12.6 Å². The Hall–Kier alpha value is -0.120. The molecule has 0 radical (unpaired) electrons. The molecule has 1 atom stereocenters. The summed E-state index contributed by atoms with van der Waals surface area (Å²) < 4.78 is 0. The van der Waals surface area contributed by atoms with E-state index in [4.69, 9.17) is 10.8 Å². The Bertz CT molecular complexity index is 86.2. The number of rotatable bonds is 6. The summed E-state index contributed by atoms with van der Waals surface area (Å²) in [5.41, 5.74) is 5.77. The van der Waals surface area contributed by atoms with Crippen molar-refractivity contribution in [3.8, 4) is 0 Å². The first-order valence-corrected chi connectivity index (χ1v) is 4.24. The number of hydrogen-bond donors (Lipinski definition) is 3. The molecule has 0 rings (SSSR count). The molecule has 1 unspecified atom stereocenters. The standard InChI is InChI=1S/C8H20N2O/c1-7(2)5-8(9)6-10-3-4-11/h7-8,10-11H,3-6,9H2,1-2H3. The summed E-state index contributed by atoms with van der Waals surface area (Å²) in [5, 5.41) is 11.5. The van der Waals surface area contributed by atoms with Crippen molar-refractivity contribution in [2.24, 2.45) is 11.7 Å². The fourth-order valence-corrected chi connectivity index (χ4v) is 1.06. The number of aliphatic hydroxyl groups excluding tert-OH is 1. The highest BCUT2D eigenvalue weighted by molar-refractivity contribution is 4.65. The summed E-state index contributed by atoms with van der Waals surface area (Å²) in [4.78, 5) is 0. The third-order valence-corrected chi connectivity index (χ3v) is 1.47. The van der Waals surface area contributed by atoms with Gasteiger partial charge in [0.1, 0.15) is 0 Å². The van der Waals surface area contributed by atoms with E-state index in [1.165, 1.54) is 0 Å². The Balaban J connectivity index is 3.15. The second-order valence-electron chi connectivity index (χ2n) is 3.32. The maximum atomic E-state index is 8.46. The van der Waals surface area contributed by atoms with Crippen molar-refractivity contribution in [3.63, 3.8) is 0 Å². The van der Waals surface area contributed by atoms with Crippen LogP contribution in [0.25, 0.3) is 0 Å². The van der Waals surface area contributed by atoms with Crippen LogP contribution in [0.15, 0.2) is 0 Å². The fraction of sp³-hybridized carbons (Fsp3) is 1.00. The molecule has 11 heavy (non-hydrogen) atoms. The predicted molar refractivity (Wildman–Crippen MR) is 47.4 cm³/mol. The smallest absolute Gasteiger partial charge is 0.0555 e. The average Bonchev–Trinajstić information content (AvgIpc) is 1.86. The van der Waals surface area contributed by atoms with Crippen molar-refractivity contribution in [2.45, 2.75) is 26.3 Å². The van der Waals surface area contributed by atoms with E-state index in [1.54, 1.807) is 0 Å². The highest BCUT2D eigenvalue weighted by Crippen LogP contribution is 2.00. The Morgan fingerprint density at radius 3 is 2.55 bits per heavy atom. The molecule has 0 spiro atoms. The predicted octanol–water partition coefficient (Wildman–Crippen LogP) is -0.0583. The lowest BCUT2D eigenvalue weighted by Gasteiger charge is -2.13. The lowest BCUT2D eigenvalue weighted by atomic mass is 10.0. The number of hydrogen-bond acceptors (Lipinski definition) is 3. The van der Waals surface area contributed by atoms with Crippen LogP contribution in [-0.2, 0) is 0 Å². The summed E-state index contributed by atoms with van der Waals surface area (Å²) in [7, 11) is 0. The second-order valence-corrected chi connectivity index (χ2v) is 3.32. The van der Waals surface area contributed by atoms with Gasteiger partial charge in [-0.05, 0) is 12.3 Å². The molecular formula is C8H20N2O. The zero-order valence-corrected chi connectivity index (χ0v) is 7.51. The highest BCUT2D eigenvalue weighted by Gasteiger charge is 2.03. The molecule has 0 aliphatic heterocycles. The number of nitrogens with one attached hydrogen (secondary N) is 1. The van der Waals surface area contributed by atoms with E-state index in [0.29, 0.717) is 12.5 Å². The molecule has 4 N–H and O–H groups in total. The molecule has 0 aliphatic rings. The summed E-state index contributed by atoms with van der Waals surface area (Å²) in [6.07, 6.45) is 1.04. The maximum absolute atomic E-state index is 8.46. The molecule has 0 saturated carbocycles. The molecule has 0 fully saturated rings. The van der Waals surface area contributed by atoms with Gasteiger partial charge in [-0.25, -0.2) is 0 Å². The highest BCUT2D eigenvalue weighted by atomic mass is 16.3. The van der Waals surface area contributed by atoms with Gasteiger partial charge >= 0.3 is 0 Å². The second kappa shape index (κ2) is 6.58. The monoisotopic (exact) mass is 160 g/mol. The minimum Gasteiger partial charge on any atom is -0.395 e. The number of aliphatic hydroxyl groups is 1. The first kappa shape index (κ1) is 10.9. The molecule has 0 amide bonds. The van der Waals surface area contributed by atoms with Gasteiger partial charge in [-0.2, -0.15) is 0 Å². The van der Waals surface area contributed by atoms with Gasteiger partial charge in [0, 0.05) is 19.1 Å². The largest absolute Gasteiger partial charge is 0.395 e. The van der Waals surface area contributed by atoms with Gasteiger partial charge in [0.25, 0.3) is 0 Å². The molecule has 0 bridgehead atoms.